The van der Waals surface area contributed by atoms with E-state index >= 15 is 0 Å². The number of pyridine rings is 1. The van der Waals surface area contributed by atoms with Gasteiger partial charge in [-0.05, 0) is 19.1 Å². The van der Waals surface area contributed by atoms with Crippen LogP contribution in [0.3, 0.4) is 0 Å². The number of carbonyl (C=O) groups is 1. The average molecular weight is 337 g/mol. The van der Waals surface area contributed by atoms with E-state index in [1.165, 1.54) is 25.3 Å². The first-order valence-corrected chi connectivity index (χ1v) is 7.69. The molecule has 0 atom stereocenters. The second-order valence-corrected chi connectivity index (χ2v) is 5.64. The Morgan fingerprint density at radius 1 is 1.12 bits per heavy atom. The van der Waals surface area contributed by atoms with Crippen molar-refractivity contribution in [2.75, 3.05) is 0 Å². The SMILES string of the molecule is Cc1cccc2nc(C(=O)N(Cc3cocn3)Cc3cocn3)cn12. The molecule has 0 spiro atoms. The molecule has 0 aliphatic carbocycles. The highest BCUT2D eigenvalue weighted by Crippen LogP contribution is 2.14. The summed E-state index contributed by atoms with van der Waals surface area (Å²) in [5.41, 5.74) is 3.39. The molecule has 8 heteroatoms. The van der Waals surface area contributed by atoms with Gasteiger partial charge in [0.2, 0.25) is 0 Å². The normalized spacial score (nSPS) is 11.1. The molecule has 0 N–H and O–H groups in total. The van der Waals surface area contributed by atoms with Crippen LogP contribution in [-0.2, 0) is 13.1 Å². The number of hydrogen-bond donors (Lipinski definition) is 0. The summed E-state index contributed by atoms with van der Waals surface area (Å²) in [5.74, 6) is -0.214. The molecule has 0 bridgehead atoms. The Kier molecular flexibility index (Phi) is 3.77. The van der Waals surface area contributed by atoms with Crippen molar-refractivity contribution in [3.63, 3.8) is 0 Å². The first kappa shape index (κ1) is 15.1. The minimum atomic E-state index is -0.214. The molecule has 126 valence electrons. The average Bonchev–Trinajstić information content (AvgIpc) is 3.35. The monoisotopic (exact) mass is 337 g/mol. The van der Waals surface area contributed by atoms with Crippen LogP contribution in [0.5, 0.6) is 0 Å². The maximum atomic E-state index is 13.0. The minimum absolute atomic E-state index is 0.214. The molecular weight excluding hydrogens is 322 g/mol. The fourth-order valence-corrected chi connectivity index (χ4v) is 2.64. The van der Waals surface area contributed by atoms with E-state index in [2.05, 4.69) is 15.0 Å². The number of hydrogen-bond acceptors (Lipinski definition) is 6. The van der Waals surface area contributed by atoms with Crippen LogP contribution in [0.2, 0.25) is 0 Å². The van der Waals surface area contributed by atoms with Gasteiger partial charge < -0.3 is 18.1 Å². The molecule has 0 fully saturated rings. The molecule has 4 aromatic heterocycles. The van der Waals surface area contributed by atoms with Crippen molar-refractivity contribution in [2.45, 2.75) is 20.0 Å². The van der Waals surface area contributed by atoms with Gasteiger partial charge in [0.25, 0.3) is 5.91 Å². The van der Waals surface area contributed by atoms with E-state index in [1.54, 1.807) is 11.1 Å². The number of aryl methyl sites for hydroxylation is 1. The topological polar surface area (TPSA) is 89.7 Å². The van der Waals surface area contributed by atoms with Gasteiger partial charge >= 0.3 is 0 Å². The summed E-state index contributed by atoms with van der Waals surface area (Å²) < 4.78 is 11.9. The number of rotatable bonds is 5. The number of nitrogens with zero attached hydrogens (tertiary/aromatic N) is 5. The lowest BCUT2D eigenvalue weighted by molar-refractivity contribution is 0.0720. The minimum Gasteiger partial charge on any atom is -0.451 e. The Morgan fingerprint density at radius 3 is 2.36 bits per heavy atom. The van der Waals surface area contributed by atoms with Gasteiger partial charge in [0.05, 0.1) is 24.5 Å². The van der Waals surface area contributed by atoms with E-state index in [4.69, 9.17) is 8.83 Å². The molecule has 0 aromatic carbocycles. The number of carbonyl (C=O) groups excluding carboxylic acids is 1. The van der Waals surface area contributed by atoms with Crippen LogP contribution in [0.25, 0.3) is 5.65 Å². The molecule has 0 unspecified atom stereocenters. The summed E-state index contributed by atoms with van der Waals surface area (Å²) in [7, 11) is 0. The number of imidazole rings is 1. The molecular formula is C17H15N5O3. The van der Waals surface area contributed by atoms with Gasteiger partial charge in [0.15, 0.2) is 12.8 Å². The lowest BCUT2D eigenvalue weighted by atomic mass is 10.3. The van der Waals surface area contributed by atoms with E-state index in [-0.39, 0.29) is 19.0 Å². The zero-order chi connectivity index (χ0) is 17.2. The fraction of sp³-hybridized carbons (Fsp3) is 0.176. The Hall–Kier alpha value is -3.42. The molecule has 8 nitrogen and oxygen atoms in total. The van der Waals surface area contributed by atoms with Crippen molar-refractivity contribution in [2.24, 2.45) is 0 Å². The third-order valence-electron chi connectivity index (χ3n) is 3.87. The number of aromatic nitrogens is 4. The van der Waals surface area contributed by atoms with Crippen LogP contribution >= 0.6 is 0 Å². The van der Waals surface area contributed by atoms with Gasteiger partial charge in [0.1, 0.15) is 23.9 Å². The quantitative estimate of drug-likeness (QED) is 0.556. The molecule has 4 rings (SSSR count). The van der Waals surface area contributed by atoms with Crippen molar-refractivity contribution >= 4 is 11.6 Å². The van der Waals surface area contributed by atoms with E-state index in [1.807, 2.05) is 29.5 Å². The van der Waals surface area contributed by atoms with Crippen molar-refractivity contribution in [1.82, 2.24) is 24.3 Å². The molecule has 1 amide bonds. The van der Waals surface area contributed by atoms with Gasteiger partial charge in [0, 0.05) is 11.9 Å². The summed E-state index contributed by atoms with van der Waals surface area (Å²) in [4.78, 5) is 27.2. The van der Waals surface area contributed by atoms with Crippen LogP contribution in [0.4, 0.5) is 0 Å². The Morgan fingerprint density at radius 2 is 1.80 bits per heavy atom. The lowest BCUT2D eigenvalue weighted by Gasteiger charge is -2.19. The van der Waals surface area contributed by atoms with E-state index in [0.29, 0.717) is 17.1 Å². The Balaban J connectivity index is 1.66. The zero-order valence-corrected chi connectivity index (χ0v) is 13.5. The summed E-state index contributed by atoms with van der Waals surface area (Å²) in [6.45, 7) is 2.54. The molecule has 25 heavy (non-hydrogen) atoms. The van der Waals surface area contributed by atoms with Crippen molar-refractivity contribution in [3.05, 3.63) is 72.5 Å². The summed E-state index contributed by atoms with van der Waals surface area (Å²) >= 11 is 0. The highest BCUT2D eigenvalue weighted by Gasteiger charge is 2.21. The van der Waals surface area contributed by atoms with E-state index < -0.39 is 0 Å². The second-order valence-electron chi connectivity index (χ2n) is 5.64. The van der Waals surface area contributed by atoms with Crippen LogP contribution < -0.4 is 0 Å². The first-order chi connectivity index (χ1) is 12.2. The van der Waals surface area contributed by atoms with Gasteiger partial charge in [-0.3, -0.25) is 4.79 Å². The van der Waals surface area contributed by atoms with Crippen LogP contribution in [-0.4, -0.2) is 30.2 Å². The second kappa shape index (κ2) is 6.23. The first-order valence-electron chi connectivity index (χ1n) is 7.69. The Labute approximate surface area is 142 Å². The third kappa shape index (κ3) is 3.01. The molecule has 0 saturated heterocycles. The largest absolute Gasteiger partial charge is 0.451 e. The Bertz CT molecular complexity index is 953. The third-order valence-corrected chi connectivity index (χ3v) is 3.87. The molecule has 0 aliphatic heterocycles. The standard InChI is InChI=1S/C17H15N5O3/c1-12-3-2-4-16-20-15(7-22(12)16)17(23)21(5-13-8-24-10-18-13)6-14-9-25-11-19-14/h2-4,7-11H,5-6H2,1H3. The predicted octanol–water partition coefficient (Wildman–Crippen LogP) is 2.46. The number of oxazole rings is 2. The molecule has 4 aromatic rings. The fourth-order valence-electron chi connectivity index (χ4n) is 2.64. The summed E-state index contributed by atoms with van der Waals surface area (Å²) in [5, 5.41) is 0. The lowest BCUT2D eigenvalue weighted by Crippen LogP contribution is -2.30. The van der Waals surface area contributed by atoms with E-state index in [9.17, 15) is 4.79 Å². The summed E-state index contributed by atoms with van der Waals surface area (Å²) in [6, 6.07) is 5.74. The van der Waals surface area contributed by atoms with Crippen LogP contribution in [0.15, 0.2) is 58.5 Å². The number of amides is 1. The van der Waals surface area contributed by atoms with Crippen molar-refractivity contribution < 1.29 is 13.6 Å². The van der Waals surface area contributed by atoms with Gasteiger partial charge in [-0.2, -0.15) is 0 Å². The van der Waals surface area contributed by atoms with Crippen LogP contribution in [0.1, 0.15) is 27.6 Å². The maximum Gasteiger partial charge on any atom is 0.274 e. The highest BCUT2D eigenvalue weighted by atomic mass is 16.3. The predicted molar refractivity (Wildman–Crippen MR) is 86.5 cm³/mol. The zero-order valence-electron chi connectivity index (χ0n) is 13.5. The van der Waals surface area contributed by atoms with Gasteiger partial charge in [-0.15, -0.1) is 0 Å². The van der Waals surface area contributed by atoms with Gasteiger partial charge in [-0.25, -0.2) is 15.0 Å². The van der Waals surface area contributed by atoms with Crippen molar-refractivity contribution in [1.29, 1.82) is 0 Å². The highest BCUT2D eigenvalue weighted by molar-refractivity contribution is 5.92. The van der Waals surface area contributed by atoms with Crippen LogP contribution in [0, 0.1) is 6.92 Å². The smallest absolute Gasteiger partial charge is 0.274 e. The number of fused-ring (bicyclic) bond motifs is 1. The summed E-state index contributed by atoms with van der Waals surface area (Å²) in [6.07, 6.45) is 7.43. The molecule has 0 radical (unpaired) electrons. The van der Waals surface area contributed by atoms with E-state index in [0.717, 1.165) is 11.3 Å². The molecule has 0 aliphatic rings. The molecule has 4 heterocycles. The van der Waals surface area contributed by atoms with Crippen molar-refractivity contribution in [3.8, 4) is 0 Å². The maximum absolute atomic E-state index is 13.0. The molecule has 0 saturated carbocycles. The van der Waals surface area contributed by atoms with Gasteiger partial charge in [-0.1, -0.05) is 6.07 Å².